The number of oxazole rings is 1. The minimum absolute atomic E-state index is 0.0761. The maximum atomic E-state index is 13.5. The van der Waals surface area contributed by atoms with E-state index in [-0.39, 0.29) is 35.6 Å². The van der Waals surface area contributed by atoms with Gasteiger partial charge < -0.3 is 19.0 Å². The number of hydrogen-bond acceptors (Lipinski definition) is 6. The molecule has 0 N–H and O–H groups in total. The largest absolute Gasteiger partial charge is 0.451 e. The number of nitrogens with zero attached hydrogens (tertiary/aromatic N) is 4. The van der Waals surface area contributed by atoms with Gasteiger partial charge in [0.2, 0.25) is 0 Å². The van der Waals surface area contributed by atoms with Crippen molar-refractivity contribution in [3.63, 3.8) is 0 Å². The quantitative estimate of drug-likeness (QED) is 0.694. The fourth-order valence-corrected chi connectivity index (χ4v) is 4.60. The van der Waals surface area contributed by atoms with Crippen molar-refractivity contribution in [3.05, 3.63) is 18.4 Å². The first-order chi connectivity index (χ1) is 13.9. The Morgan fingerprint density at radius 2 is 2.07 bits per heavy atom. The first kappa shape index (κ1) is 19.9. The Labute approximate surface area is 170 Å². The van der Waals surface area contributed by atoms with Crippen LogP contribution < -0.4 is 0 Å². The molecule has 1 aromatic rings. The van der Waals surface area contributed by atoms with Gasteiger partial charge in [-0.05, 0) is 31.6 Å². The van der Waals surface area contributed by atoms with E-state index in [1.807, 2.05) is 13.8 Å². The van der Waals surface area contributed by atoms with Crippen molar-refractivity contribution in [2.75, 3.05) is 32.8 Å². The topological polar surface area (TPSA) is 96.2 Å². The summed E-state index contributed by atoms with van der Waals surface area (Å²) < 4.78 is 10.6. The molecule has 9 heteroatoms. The molecule has 3 saturated heterocycles. The molecule has 3 aliphatic rings. The number of rotatable bonds is 5. The van der Waals surface area contributed by atoms with Crippen molar-refractivity contribution in [3.8, 4) is 0 Å². The molecule has 0 saturated carbocycles. The molecule has 3 aliphatic heterocycles. The van der Waals surface area contributed by atoms with Gasteiger partial charge in [-0.15, -0.1) is 0 Å². The lowest BCUT2D eigenvalue weighted by Crippen LogP contribution is -2.58. The Morgan fingerprint density at radius 3 is 2.66 bits per heavy atom. The molecule has 1 unspecified atom stereocenters. The minimum Gasteiger partial charge on any atom is -0.451 e. The second-order valence-corrected chi connectivity index (χ2v) is 8.54. The van der Waals surface area contributed by atoms with E-state index in [1.165, 1.54) is 17.6 Å². The van der Waals surface area contributed by atoms with Crippen LogP contribution in [0.4, 0.5) is 4.79 Å². The van der Waals surface area contributed by atoms with Gasteiger partial charge in [0, 0.05) is 26.2 Å². The zero-order valence-corrected chi connectivity index (χ0v) is 17.0. The molecule has 0 radical (unpaired) electrons. The van der Waals surface area contributed by atoms with Crippen LogP contribution >= 0.6 is 0 Å². The van der Waals surface area contributed by atoms with Gasteiger partial charge in [-0.1, -0.05) is 13.8 Å². The van der Waals surface area contributed by atoms with E-state index in [0.29, 0.717) is 45.6 Å². The third kappa shape index (κ3) is 3.52. The highest BCUT2D eigenvalue weighted by Crippen LogP contribution is 2.38. The smallest absolute Gasteiger partial charge is 0.327 e. The predicted molar refractivity (Wildman–Crippen MR) is 102 cm³/mol. The summed E-state index contributed by atoms with van der Waals surface area (Å²) in [5, 5.41) is 0. The highest BCUT2D eigenvalue weighted by Gasteiger charge is 2.58. The molecule has 4 rings (SSSR count). The number of carbonyl (C=O) groups excluding carboxylic acids is 3. The Balaban J connectivity index is 1.52. The zero-order chi connectivity index (χ0) is 20.6. The summed E-state index contributed by atoms with van der Waals surface area (Å²) >= 11 is 0. The summed E-state index contributed by atoms with van der Waals surface area (Å²) in [5.41, 5.74) is -0.616. The van der Waals surface area contributed by atoms with Crippen molar-refractivity contribution < 1.29 is 23.5 Å². The van der Waals surface area contributed by atoms with E-state index in [2.05, 4.69) is 4.98 Å². The second kappa shape index (κ2) is 7.78. The Bertz CT molecular complexity index is 764. The summed E-state index contributed by atoms with van der Waals surface area (Å²) in [4.78, 5) is 47.9. The molecule has 29 heavy (non-hydrogen) atoms. The standard InChI is InChI=1S/C20H28N4O5/c1-14(2)10-24-19(27)23(11-15-4-3-9-29-15)18(26)20(24)5-7-22(8-6-20)17(25)16-12-28-13-21-16/h12-15H,3-11H2,1-2H3. The van der Waals surface area contributed by atoms with E-state index in [9.17, 15) is 14.4 Å². The van der Waals surface area contributed by atoms with Crippen molar-refractivity contribution in [2.24, 2.45) is 5.92 Å². The summed E-state index contributed by atoms with van der Waals surface area (Å²) in [5.74, 6) is -0.120. The van der Waals surface area contributed by atoms with Crippen LogP contribution in [-0.2, 0) is 9.53 Å². The lowest BCUT2D eigenvalue weighted by atomic mass is 9.85. The highest BCUT2D eigenvalue weighted by molar-refractivity contribution is 6.07. The van der Waals surface area contributed by atoms with Gasteiger partial charge in [0.25, 0.3) is 11.8 Å². The van der Waals surface area contributed by atoms with Gasteiger partial charge in [-0.3, -0.25) is 14.5 Å². The number of likely N-dealkylation sites (tertiary alicyclic amines) is 1. The summed E-state index contributed by atoms with van der Waals surface area (Å²) in [6.45, 7) is 6.38. The molecule has 3 fully saturated rings. The SMILES string of the molecule is CC(C)CN1C(=O)N(CC2CCCO2)C(=O)C12CCN(C(=O)c1cocn1)CC2. The number of piperidine rings is 1. The number of urea groups is 1. The monoisotopic (exact) mass is 404 g/mol. The molecular formula is C20H28N4O5. The first-order valence-electron chi connectivity index (χ1n) is 10.3. The van der Waals surface area contributed by atoms with E-state index in [4.69, 9.17) is 9.15 Å². The molecule has 1 aromatic heterocycles. The Morgan fingerprint density at radius 1 is 1.31 bits per heavy atom. The maximum Gasteiger partial charge on any atom is 0.327 e. The Kier molecular flexibility index (Phi) is 5.33. The number of amides is 4. The fraction of sp³-hybridized carbons (Fsp3) is 0.700. The molecular weight excluding hydrogens is 376 g/mol. The second-order valence-electron chi connectivity index (χ2n) is 8.54. The van der Waals surface area contributed by atoms with Gasteiger partial charge in [0.15, 0.2) is 12.1 Å². The van der Waals surface area contributed by atoms with E-state index in [0.717, 1.165) is 12.8 Å². The molecule has 9 nitrogen and oxygen atoms in total. The summed E-state index contributed by atoms with van der Waals surface area (Å²) in [6.07, 6.45) is 5.16. The normalized spacial score (nSPS) is 24.4. The van der Waals surface area contributed by atoms with Gasteiger partial charge >= 0.3 is 6.03 Å². The highest BCUT2D eigenvalue weighted by atomic mass is 16.5. The van der Waals surface area contributed by atoms with E-state index >= 15 is 0 Å². The average Bonchev–Trinajstić information content (AvgIpc) is 3.45. The van der Waals surface area contributed by atoms with E-state index in [1.54, 1.807) is 9.80 Å². The fourth-order valence-electron chi connectivity index (χ4n) is 4.60. The van der Waals surface area contributed by atoms with Crippen molar-refractivity contribution in [1.29, 1.82) is 0 Å². The molecule has 0 aliphatic carbocycles. The summed E-state index contributed by atoms with van der Waals surface area (Å²) in [6, 6.07) is -0.226. The van der Waals surface area contributed by atoms with Crippen molar-refractivity contribution >= 4 is 17.8 Å². The van der Waals surface area contributed by atoms with Gasteiger partial charge in [-0.2, -0.15) is 0 Å². The number of imide groups is 1. The van der Waals surface area contributed by atoms with Crippen LogP contribution in [-0.4, -0.2) is 82.0 Å². The first-order valence-corrected chi connectivity index (χ1v) is 10.3. The third-order valence-corrected chi connectivity index (χ3v) is 6.11. The van der Waals surface area contributed by atoms with Crippen LogP contribution in [0.1, 0.15) is 50.0 Å². The van der Waals surface area contributed by atoms with Crippen LogP contribution in [0, 0.1) is 5.92 Å². The number of carbonyl (C=O) groups is 3. The lowest BCUT2D eigenvalue weighted by Gasteiger charge is -2.42. The molecule has 0 aromatic carbocycles. The number of hydrogen-bond donors (Lipinski definition) is 0. The van der Waals surface area contributed by atoms with Gasteiger partial charge in [0.1, 0.15) is 11.8 Å². The molecule has 4 amide bonds. The Hall–Kier alpha value is -2.42. The molecule has 158 valence electrons. The van der Waals surface area contributed by atoms with Crippen LogP contribution in [0.2, 0.25) is 0 Å². The van der Waals surface area contributed by atoms with Crippen LogP contribution in [0.3, 0.4) is 0 Å². The minimum atomic E-state index is -0.874. The van der Waals surface area contributed by atoms with Crippen molar-refractivity contribution in [1.82, 2.24) is 19.7 Å². The number of aromatic nitrogens is 1. The molecule has 4 heterocycles. The lowest BCUT2D eigenvalue weighted by molar-refractivity contribution is -0.136. The van der Waals surface area contributed by atoms with Gasteiger partial charge in [-0.25, -0.2) is 9.78 Å². The van der Waals surface area contributed by atoms with Gasteiger partial charge in [0.05, 0.1) is 12.6 Å². The zero-order valence-electron chi connectivity index (χ0n) is 17.0. The van der Waals surface area contributed by atoms with Crippen LogP contribution in [0.15, 0.2) is 17.1 Å². The number of ether oxygens (including phenoxy) is 1. The summed E-state index contributed by atoms with van der Waals surface area (Å²) in [7, 11) is 0. The third-order valence-electron chi connectivity index (χ3n) is 6.11. The van der Waals surface area contributed by atoms with Crippen LogP contribution in [0.5, 0.6) is 0 Å². The predicted octanol–water partition coefficient (Wildman–Crippen LogP) is 1.75. The maximum absolute atomic E-state index is 13.5. The molecule has 0 bridgehead atoms. The molecule has 1 spiro atoms. The van der Waals surface area contributed by atoms with Crippen LogP contribution in [0.25, 0.3) is 0 Å². The average molecular weight is 404 g/mol. The van der Waals surface area contributed by atoms with Crippen molar-refractivity contribution in [2.45, 2.75) is 51.2 Å². The van der Waals surface area contributed by atoms with E-state index < -0.39 is 5.54 Å². The molecule has 1 atom stereocenters.